The van der Waals surface area contributed by atoms with E-state index in [0.29, 0.717) is 27.9 Å². The highest BCUT2D eigenvalue weighted by molar-refractivity contribution is 6.36. The first kappa shape index (κ1) is 20.0. The molecule has 0 bridgehead atoms. The Morgan fingerprint density at radius 2 is 1.79 bits per heavy atom. The molecule has 0 aliphatic carbocycles. The van der Waals surface area contributed by atoms with Gasteiger partial charge in [-0.05, 0) is 35.9 Å². The van der Waals surface area contributed by atoms with Crippen LogP contribution in [0, 0.1) is 0 Å². The molecule has 3 aromatic rings. The quantitative estimate of drug-likeness (QED) is 0.647. The number of rotatable bonds is 6. The van der Waals surface area contributed by atoms with Gasteiger partial charge in [-0.3, -0.25) is 4.79 Å². The molecule has 1 unspecified atom stereocenters. The summed E-state index contributed by atoms with van der Waals surface area (Å²) in [5, 5.41) is 3.72. The number of aryl methyl sites for hydroxylation is 1. The molecule has 1 atom stereocenters. The molecule has 28 heavy (non-hydrogen) atoms. The number of hydrogen-bond donors (Lipinski definition) is 1. The highest BCUT2D eigenvalue weighted by Gasteiger charge is 2.24. The Hall–Kier alpha value is -2.70. The van der Waals surface area contributed by atoms with Crippen LogP contribution in [0.25, 0.3) is 0 Å². The second-order valence-corrected chi connectivity index (χ2v) is 6.92. The smallest absolute Gasteiger partial charge is 0.253 e. The molecule has 1 heterocycles. The van der Waals surface area contributed by atoms with Gasteiger partial charge in [0.25, 0.3) is 5.91 Å². The van der Waals surface area contributed by atoms with E-state index in [1.807, 2.05) is 23.7 Å². The minimum Gasteiger partial charge on any atom is -0.497 e. The van der Waals surface area contributed by atoms with Crippen molar-refractivity contribution in [1.29, 1.82) is 0 Å². The monoisotopic (exact) mass is 419 g/mol. The van der Waals surface area contributed by atoms with Crippen LogP contribution in [-0.2, 0) is 7.05 Å². The Balaban J connectivity index is 2.04. The van der Waals surface area contributed by atoms with Crippen molar-refractivity contribution in [1.82, 2.24) is 14.9 Å². The SMILES string of the molecule is COc1cc(OC)cc(C(NC(=O)c2ccc(Cl)cc2Cl)c2nccn2C)c1. The molecule has 146 valence electrons. The average molecular weight is 420 g/mol. The Morgan fingerprint density at radius 1 is 1.11 bits per heavy atom. The third kappa shape index (κ3) is 4.24. The number of methoxy groups -OCH3 is 2. The van der Waals surface area contributed by atoms with E-state index in [1.165, 1.54) is 6.07 Å². The molecule has 0 aliphatic rings. The van der Waals surface area contributed by atoms with Crippen molar-refractivity contribution in [2.75, 3.05) is 14.2 Å². The number of hydrogen-bond acceptors (Lipinski definition) is 4. The van der Waals surface area contributed by atoms with Gasteiger partial charge in [-0.1, -0.05) is 23.2 Å². The number of nitrogens with one attached hydrogen (secondary N) is 1. The Morgan fingerprint density at radius 3 is 2.32 bits per heavy atom. The molecule has 1 aromatic heterocycles. The molecule has 8 heteroatoms. The molecule has 1 N–H and O–H groups in total. The Labute approximate surface area is 173 Å². The van der Waals surface area contributed by atoms with Gasteiger partial charge in [-0.2, -0.15) is 0 Å². The van der Waals surface area contributed by atoms with Crippen LogP contribution >= 0.6 is 23.2 Å². The van der Waals surface area contributed by atoms with Gasteiger partial charge in [0, 0.05) is 30.5 Å². The van der Waals surface area contributed by atoms with Crippen LogP contribution in [0.1, 0.15) is 27.8 Å². The predicted molar refractivity (Wildman–Crippen MR) is 109 cm³/mol. The lowest BCUT2D eigenvalue weighted by Gasteiger charge is -2.21. The second-order valence-electron chi connectivity index (χ2n) is 6.07. The maximum atomic E-state index is 12.9. The van der Waals surface area contributed by atoms with Crippen molar-refractivity contribution in [3.05, 3.63) is 75.8 Å². The van der Waals surface area contributed by atoms with Crippen molar-refractivity contribution < 1.29 is 14.3 Å². The molecule has 0 fully saturated rings. The highest BCUT2D eigenvalue weighted by atomic mass is 35.5. The molecule has 0 saturated carbocycles. The number of carbonyl (C=O) groups excluding carboxylic acids is 1. The summed E-state index contributed by atoms with van der Waals surface area (Å²) in [4.78, 5) is 17.3. The summed E-state index contributed by atoms with van der Waals surface area (Å²) >= 11 is 12.1. The van der Waals surface area contributed by atoms with Crippen molar-refractivity contribution in [2.24, 2.45) is 7.05 Å². The van der Waals surface area contributed by atoms with Crippen molar-refractivity contribution >= 4 is 29.1 Å². The molecule has 0 radical (unpaired) electrons. The minimum atomic E-state index is -0.553. The fourth-order valence-electron chi connectivity index (χ4n) is 2.83. The lowest BCUT2D eigenvalue weighted by Crippen LogP contribution is -2.31. The van der Waals surface area contributed by atoms with Gasteiger partial charge in [0.05, 0.1) is 24.8 Å². The van der Waals surface area contributed by atoms with Crippen molar-refractivity contribution in [3.63, 3.8) is 0 Å². The number of aromatic nitrogens is 2. The summed E-state index contributed by atoms with van der Waals surface area (Å²) in [6.45, 7) is 0. The van der Waals surface area contributed by atoms with E-state index < -0.39 is 6.04 Å². The first-order valence-electron chi connectivity index (χ1n) is 8.39. The lowest BCUT2D eigenvalue weighted by atomic mass is 10.0. The number of halogens is 2. The molecule has 6 nitrogen and oxygen atoms in total. The number of ether oxygens (including phenoxy) is 2. The zero-order valence-electron chi connectivity index (χ0n) is 15.6. The van der Waals surface area contributed by atoms with E-state index in [-0.39, 0.29) is 10.9 Å². The van der Waals surface area contributed by atoms with Gasteiger partial charge in [0.2, 0.25) is 0 Å². The van der Waals surface area contributed by atoms with E-state index in [4.69, 9.17) is 32.7 Å². The molecular weight excluding hydrogens is 401 g/mol. The van der Waals surface area contributed by atoms with Crippen molar-refractivity contribution in [3.8, 4) is 11.5 Å². The van der Waals surface area contributed by atoms with Crippen molar-refractivity contribution in [2.45, 2.75) is 6.04 Å². The van der Waals surface area contributed by atoms with Crippen LogP contribution in [0.5, 0.6) is 11.5 Å². The molecule has 1 amide bonds. The molecule has 3 rings (SSSR count). The van der Waals surface area contributed by atoms with Gasteiger partial charge in [-0.15, -0.1) is 0 Å². The summed E-state index contributed by atoms with van der Waals surface area (Å²) in [6, 6.07) is 9.59. The molecule has 0 saturated heterocycles. The van der Waals surface area contributed by atoms with E-state index in [2.05, 4.69) is 10.3 Å². The van der Waals surface area contributed by atoms with Gasteiger partial charge in [-0.25, -0.2) is 4.98 Å². The Bertz CT molecular complexity index is 982. The fourth-order valence-corrected chi connectivity index (χ4v) is 3.33. The van der Waals surface area contributed by atoms with Gasteiger partial charge in [0.1, 0.15) is 23.4 Å². The Kier molecular flexibility index (Phi) is 6.11. The van der Waals surface area contributed by atoms with Crippen LogP contribution < -0.4 is 14.8 Å². The third-order valence-corrected chi connectivity index (χ3v) is 4.82. The molecular formula is C20H19Cl2N3O3. The fraction of sp³-hybridized carbons (Fsp3) is 0.200. The number of imidazole rings is 1. The van der Waals surface area contributed by atoms with Crippen LogP contribution in [-0.4, -0.2) is 29.7 Å². The lowest BCUT2D eigenvalue weighted by molar-refractivity contribution is 0.0941. The van der Waals surface area contributed by atoms with E-state index >= 15 is 0 Å². The maximum absolute atomic E-state index is 12.9. The normalized spacial score (nSPS) is 11.8. The van der Waals surface area contributed by atoms with E-state index in [1.54, 1.807) is 44.8 Å². The highest BCUT2D eigenvalue weighted by Crippen LogP contribution is 2.30. The number of benzene rings is 2. The van der Waals surface area contributed by atoms with Crippen LogP contribution in [0.3, 0.4) is 0 Å². The zero-order chi connectivity index (χ0) is 20.3. The largest absolute Gasteiger partial charge is 0.497 e. The van der Waals surface area contributed by atoms with Crippen LogP contribution in [0.4, 0.5) is 0 Å². The summed E-state index contributed by atoms with van der Waals surface area (Å²) in [7, 11) is 4.99. The topological polar surface area (TPSA) is 65.4 Å². The number of amides is 1. The maximum Gasteiger partial charge on any atom is 0.253 e. The summed E-state index contributed by atoms with van der Waals surface area (Å²) in [5.41, 5.74) is 1.07. The van der Waals surface area contributed by atoms with Crippen LogP contribution in [0.2, 0.25) is 10.0 Å². The van der Waals surface area contributed by atoms with E-state index in [9.17, 15) is 4.79 Å². The van der Waals surface area contributed by atoms with Gasteiger partial charge in [0.15, 0.2) is 0 Å². The van der Waals surface area contributed by atoms with Gasteiger partial charge >= 0.3 is 0 Å². The summed E-state index contributed by atoms with van der Waals surface area (Å²) in [5.74, 6) is 1.50. The average Bonchev–Trinajstić information content (AvgIpc) is 3.11. The zero-order valence-corrected chi connectivity index (χ0v) is 17.1. The minimum absolute atomic E-state index is 0.270. The number of nitrogens with zero attached hydrogens (tertiary/aromatic N) is 2. The van der Waals surface area contributed by atoms with Crippen LogP contribution in [0.15, 0.2) is 48.8 Å². The third-order valence-electron chi connectivity index (χ3n) is 4.27. The van der Waals surface area contributed by atoms with Gasteiger partial charge < -0.3 is 19.4 Å². The standard InChI is InChI=1S/C20H19Cl2N3O3/c1-25-7-6-23-19(25)18(12-8-14(27-2)11-15(9-12)28-3)24-20(26)16-5-4-13(21)10-17(16)22/h4-11,18H,1-3H3,(H,24,26). The molecule has 0 spiro atoms. The first-order chi connectivity index (χ1) is 13.4. The summed E-state index contributed by atoms with van der Waals surface area (Å²) in [6.07, 6.45) is 3.47. The van der Waals surface area contributed by atoms with E-state index in [0.717, 1.165) is 5.56 Å². The molecule has 0 aliphatic heterocycles. The first-order valence-corrected chi connectivity index (χ1v) is 9.14. The summed E-state index contributed by atoms with van der Waals surface area (Å²) < 4.78 is 12.6. The molecule has 2 aromatic carbocycles. The number of carbonyl (C=O) groups is 1. The second kappa shape index (κ2) is 8.54. The predicted octanol–water partition coefficient (Wildman–Crippen LogP) is 4.26.